The summed E-state index contributed by atoms with van der Waals surface area (Å²) in [7, 11) is 1.80. The monoisotopic (exact) mass is 438 g/mol. The van der Waals surface area contributed by atoms with Crippen molar-refractivity contribution in [3.05, 3.63) is 70.6 Å². The van der Waals surface area contributed by atoms with E-state index in [1.807, 2.05) is 55.5 Å². The first-order chi connectivity index (χ1) is 15.0. The molecule has 1 aromatic heterocycles. The largest absolute Gasteiger partial charge is 0.337 e. The van der Waals surface area contributed by atoms with Crippen molar-refractivity contribution >= 4 is 17.5 Å². The van der Waals surface area contributed by atoms with Gasteiger partial charge in [0.25, 0.3) is 0 Å². The van der Waals surface area contributed by atoms with Gasteiger partial charge in [0.2, 0.25) is 17.6 Å². The summed E-state index contributed by atoms with van der Waals surface area (Å²) >= 11 is 6.31. The van der Waals surface area contributed by atoms with Gasteiger partial charge in [0.05, 0.1) is 12.5 Å². The fourth-order valence-electron chi connectivity index (χ4n) is 4.00. The highest BCUT2D eigenvalue weighted by Gasteiger charge is 2.29. The van der Waals surface area contributed by atoms with E-state index in [9.17, 15) is 4.79 Å². The number of hydrogen-bond acceptors (Lipinski definition) is 5. The lowest BCUT2D eigenvalue weighted by Gasteiger charge is -2.33. The Hall–Kier alpha value is -2.70. The van der Waals surface area contributed by atoms with E-state index in [0.29, 0.717) is 18.3 Å². The second kappa shape index (κ2) is 9.62. The van der Waals surface area contributed by atoms with Gasteiger partial charge in [-0.1, -0.05) is 64.8 Å². The molecule has 3 aromatic rings. The molecule has 162 valence electrons. The Morgan fingerprint density at radius 2 is 2.00 bits per heavy atom. The van der Waals surface area contributed by atoms with Crippen LogP contribution in [0.25, 0.3) is 11.4 Å². The van der Waals surface area contributed by atoms with Crippen molar-refractivity contribution in [2.45, 2.75) is 32.9 Å². The van der Waals surface area contributed by atoms with Crippen LogP contribution in [0, 0.1) is 12.8 Å². The van der Waals surface area contributed by atoms with Crippen LogP contribution in [-0.2, 0) is 17.9 Å². The lowest BCUT2D eigenvalue weighted by atomic mass is 9.96. The number of hydrogen-bond donors (Lipinski definition) is 0. The Balaban J connectivity index is 1.35. The van der Waals surface area contributed by atoms with Gasteiger partial charge in [0.15, 0.2) is 0 Å². The molecule has 1 aliphatic rings. The van der Waals surface area contributed by atoms with Gasteiger partial charge in [-0.3, -0.25) is 9.69 Å². The maximum atomic E-state index is 13.1. The summed E-state index contributed by atoms with van der Waals surface area (Å²) in [6, 6.07) is 15.8. The second-order valence-electron chi connectivity index (χ2n) is 8.24. The van der Waals surface area contributed by atoms with Crippen molar-refractivity contribution in [2.75, 3.05) is 20.1 Å². The SMILES string of the molecule is Cc1ccc(-c2noc(CN(C)C(=O)C3CCCN(Cc4ccccc4Cl)C3)n2)cc1. The van der Waals surface area contributed by atoms with Crippen LogP contribution in [0.15, 0.2) is 53.1 Å². The minimum Gasteiger partial charge on any atom is -0.337 e. The van der Waals surface area contributed by atoms with E-state index in [4.69, 9.17) is 16.1 Å². The molecule has 4 rings (SSSR count). The molecule has 6 nitrogen and oxygen atoms in total. The molecule has 0 aliphatic carbocycles. The highest BCUT2D eigenvalue weighted by molar-refractivity contribution is 6.31. The lowest BCUT2D eigenvalue weighted by molar-refractivity contribution is -0.137. The van der Waals surface area contributed by atoms with Crippen molar-refractivity contribution in [1.29, 1.82) is 0 Å². The summed E-state index contributed by atoms with van der Waals surface area (Å²) in [5.74, 6) is 1.05. The summed E-state index contributed by atoms with van der Waals surface area (Å²) in [4.78, 5) is 21.5. The number of nitrogens with zero attached hydrogens (tertiary/aromatic N) is 4. The van der Waals surface area contributed by atoms with Crippen LogP contribution in [0.1, 0.15) is 29.9 Å². The zero-order valence-corrected chi connectivity index (χ0v) is 18.7. The van der Waals surface area contributed by atoms with Gasteiger partial charge >= 0.3 is 0 Å². The number of benzene rings is 2. The second-order valence-corrected chi connectivity index (χ2v) is 8.64. The van der Waals surface area contributed by atoms with Crippen LogP contribution in [0.2, 0.25) is 5.02 Å². The first-order valence-corrected chi connectivity index (χ1v) is 11.0. The number of rotatable bonds is 6. The first-order valence-electron chi connectivity index (χ1n) is 10.6. The van der Waals surface area contributed by atoms with Crippen LogP contribution in [0.3, 0.4) is 0 Å². The molecule has 2 heterocycles. The lowest BCUT2D eigenvalue weighted by Crippen LogP contribution is -2.43. The van der Waals surface area contributed by atoms with E-state index in [1.165, 1.54) is 5.56 Å². The highest BCUT2D eigenvalue weighted by Crippen LogP contribution is 2.24. The minimum atomic E-state index is -0.0410. The van der Waals surface area contributed by atoms with Crippen LogP contribution in [0.4, 0.5) is 0 Å². The summed E-state index contributed by atoms with van der Waals surface area (Å²) in [5.41, 5.74) is 3.17. The van der Waals surface area contributed by atoms with Crippen LogP contribution >= 0.6 is 11.6 Å². The Kier molecular flexibility index (Phi) is 6.68. The highest BCUT2D eigenvalue weighted by atomic mass is 35.5. The molecule has 1 atom stereocenters. The molecular weight excluding hydrogens is 412 g/mol. The fourth-order valence-corrected chi connectivity index (χ4v) is 4.20. The molecule has 31 heavy (non-hydrogen) atoms. The summed E-state index contributed by atoms with van der Waals surface area (Å²) in [6.45, 7) is 4.80. The zero-order valence-electron chi connectivity index (χ0n) is 17.9. The predicted octanol–water partition coefficient (Wildman–Crippen LogP) is 4.57. The third kappa shape index (κ3) is 5.32. The standard InChI is InChI=1S/C24H27ClN4O2/c1-17-9-11-18(12-10-17)23-26-22(31-27-23)16-28(2)24(30)20-7-5-13-29(15-20)14-19-6-3-4-8-21(19)25/h3-4,6,8-12,20H,5,7,13-16H2,1-2H3. The molecule has 0 saturated carbocycles. The van der Waals surface area contributed by atoms with E-state index in [1.54, 1.807) is 11.9 Å². The van der Waals surface area contributed by atoms with E-state index in [2.05, 4.69) is 15.0 Å². The third-order valence-electron chi connectivity index (χ3n) is 5.73. The van der Waals surface area contributed by atoms with Crippen molar-refractivity contribution in [1.82, 2.24) is 19.9 Å². The van der Waals surface area contributed by atoms with Gasteiger partial charge in [-0.05, 0) is 37.9 Å². The average molecular weight is 439 g/mol. The summed E-state index contributed by atoms with van der Waals surface area (Å²) < 4.78 is 5.39. The Morgan fingerprint density at radius 3 is 2.77 bits per heavy atom. The molecule has 0 bridgehead atoms. The van der Waals surface area contributed by atoms with E-state index < -0.39 is 0 Å². The topological polar surface area (TPSA) is 62.5 Å². The molecule has 0 spiro atoms. The quantitative estimate of drug-likeness (QED) is 0.564. The number of carbonyl (C=O) groups is 1. The van der Waals surface area contributed by atoms with Gasteiger partial charge in [0.1, 0.15) is 0 Å². The number of likely N-dealkylation sites (tertiary alicyclic amines) is 1. The smallest absolute Gasteiger partial charge is 0.246 e. The molecule has 1 unspecified atom stereocenters. The maximum absolute atomic E-state index is 13.1. The van der Waals surface area contributed by atoms with Crippen molar-refractivity contribution in [3.63, 3.8) is 0 Å². The predicted molar refractivity (Wildman–Crippen MR) is 120 cm³/mol. The maximum Gasteiger partial charge on any atom is 0.246 e. The molecular formula is C24H27ClN4O2. The zero-order chi connectivity index (χ0) is 21.8. The normalized spacial score (nSPS) is 16.9. The molecule has 1 saturated heterocycles. The van der Waals surface area contributed by atoms with Gasteiger partial charge in [-0.15, -0.1) is 0 Å². The fraction of sp³-hybridized carbons (Fsp3) is 0.375. The number of amides is 1. The van der Waals surface area contributed by atoms with E-state index >= 15 is 0 Å². The molecule has 1 amide bonds. The molecule has 1 fully saturated rings. The Morgan fingerprint density at radius 1 is 1.23 bits per heavy atom. The third-order valence-corrected chi connectivity index (χ3v) is 6.10. The van der Waals surface area contributed by atoms with E-state index in [-0.39, 0.29) is 11.8 Å². The van der Waals surface area contributed by atoms with Crippen molar-refractivity contribution < 1.29 is 9.32 Å². The first kappa shape index (κ1) is 21.5. The molecule has 0 N–H and O–H groups in total. The number of aromatic nitrogens is 2. The summed E-state index contributed by atoms with van der Waals surface area (Å²) in [6.07, 6.45) is 1.88. The molecule has 7 heteroatoms. The van der Waals surface area contributed by atoms with Gasteiger partial charge < -0.3 is 9.42 Å². The van der Waals surface area contributed by atoms with Gasteiger partial charge in [-0.25, -0.2) is 0 Å². The van der Waals surface area contributed by atoms with Crippen LogP contribution < -0.4 is 0 Å². The van der Waals surface area contributed by atoms with Crippen LogP contribution in [0.5, 0.6) is 0 Å². The average Bonchev–Trinajstić information content (AvgIpc) is 3.24. The molecule has 2 aromatic carbocycles. The van der Waals surface area contributed by atoms with E-state index in [0.717, 1.165) is 48.6 Å². The molecule has 0 radical (unpaired) electrons. The summed E-state index contributed by atoms with van der Waals surface area (Å²) in [5, 5.41) is 4.84. The molecule has 1 aliphatic heterocycles. The number of halogens is 1. The Bertz CT molecular complexity index is 1030. The van der Waals surface area contributed by atoms with Gasteiger partial charge in [0, 0.05) is 30.7 Å². The Labute approximate surface area is 187 Å². The number of carbonyl (C=O) groups excluding carboxylic acids is 1. The van der Waals surface area contributed by atoms with Crippen LogP contribution in [-0.4, -0.2) is 46.0 Å². The number of aryl methyl sites for hydroxylation is 1. The van der Waals surface area contributed by atoms with Crippen molar-refractivity contribution in [2.24, 2.45) is 5.92 Å². The number of piperidine rings is 1. The minimum absolute atomic E-state index is 0.0410. The van der Waals surface area contributed by atoms with Gasteiger partial charge in [-0.2, -0.15) is 4.98 Å². The van der Waals surface area contributed by atoms with Crippen molar-refractivity contribution in [3.8, 4) is 11.4 Å².